The number of nitrogens with one attached hydrogen (secondary N) is 1. The largest absolute Gasteiger partial charge is 0.294 e. The molecular weight excluding hydrogens is 315 g/mol. The summed E-state index contributed by atoms with van der Waals surface area (Å²) in [4.78, 5) is 10.1. The Morgan fingerprint density at radius 2 is 2.11 bits per heavy atom. The lowest BCUT2D eigenvalue weighted by Gasteiger charge is -2.11. The zero-order valence-corrected chi connectivity index (χ0v) is 12.3. The molecule has 0 bridgehead atoms. The maximum absolute atomic E-state index is 11.8. The van der Waals surface area contributed by atoms with Gasteiger partial charge in [-0.05, 0) is 18.1 Å². The molecule has 0 aliphatic carbocycles. The lowest BCUT2D eigenvalue weighted by molar-refractivity contribution is -0.383. The van der Waals surface area contributed by atoms with Crippen molar-refractivity contribution in [3.8, 4) is 0 Å². The summed E-state index contributed by atoms with van der Waals surface area (Å²) in [7, 11) is -3.70. The first kappa shape index (κ1) is 16.0. The number of alkyl halides is 1. The second-order valence-corrected chi connectivity index (χ2v) is 6.57. The van der Waals surface area contributed by atoms with Gasteiger partial charge in [-0.25, -0.2) is 8.42 Å². The molecule has 1 unspecified atom stereocenters. The molecule has 0 aliphatic heterocycles. The maximum Gasteiger partial charge on any atom is 0.294 e. The van der Waals surface area contributed by atoms with E-state index in [1.807, 2.05) is 0 Å². The molecule has 1 atom stereocenters. The van der Waals surface area contributed by atoms with Gasteiger partial charge in [0.25, 0.3) is 5.69 Å². The summed E-state index contributed by atoms with van der Waals surface area (Å²) in [6.07, 6.45) is 0. The number of benzene rings is 1. The van der Waals surface area contributed by atoms with Crippen molar-refractivity contribution in [1.29, 1.82) is 0 Å². The van der Waals surface area contributed by atoms with E-state index in [4.69, 9.17) is 23.2 Å². The Labute approximate surface area is 120 Å². The van der Waals surface area contributed by atoms with Gasteiger partial charge in [0, 0.05) is 17.0 Å². The van der Waals surface area contributed by atoms with Crippen LogP contribution in [-0.4, -0.2) is 25.0 Å². The van der Waals surface area contributed by atoms with Crippen LogP contribution >= 0.6 is 23.2 Å². The molecule has 9 heteroatoms. The minimum atomic E-state index is -3.70. The van der Waals surface area contributed by atoms with E-state index in [0.29, 0.717) is 0 Å². The van der Waals surface area contributed by atoms with Crippen molar-refractivity contribution >= 4 is 44.6 Å². The van der Waals surface area contributed by atoms with E-state index in [1.54, 1.807) is 6.92 Å². The minimum Gasteiger partial charge on any atom is -0.277 e. The fourth-order valence-electron chi connectivity index (χ4n) is 1.37. The highest BCUT2D eigenvalue weighted by atomic mass is 35.5. The molecule has 0 fully saturated rings. The van der Waals surface area contributed by atoms with E-state index in [9.17, 15) is 18.5 Å². The highest BCUT2D eigenvalue weighted by Gasteiger charge is 2.21. The van der Waals surface area contributed by atoms with Gasteiger partial charge >= 0.3 is 0 Å². The summed E-state index contributed by atoms with van der Waals surface area (Å²) in [5.41, 5.74) is -0.509. The number of hydrogen-bond acceptors (Lipinski definition) is 4. The van der Waals surface area contributed by atoms with Gasteiger partial charge in [0.05, 0.1) is 10.7 Å². The monoisotopic (exact) mass is 326 g/mol. The van der Waals surface area contributed by atoms with Gasteiger partial charge < -0.3 is 0 Å². The molecule has 0 aliphatic rings. The Bertz CT molecular complexity index is 577. The fraction of sp³-hybridized carbons (Fsp3) is 0.400. The van der Waals surface area contributed by atoms with Crippen LogP contribution in [0.25, 0.3) is 0 Å². The van der Waals surface area contributed by atoms with E-state index >= 15 is 0 Å². The van der Waals surface area contributed by atoms with E-state index in [2.05, 4.69) is 4.72 Å². The summed E-state index contributed by atoms with van der Waals surface area (Å²) in [5.74, 6) is -0.287. The van der Waals surface area contributed by atoms with Gasteiger partial charge in [0.1, 0.15) is 5.69 Å². The molecule has 0 saturated carbocycles. The number of nitro benzene ring substituents is 1. The summed E-state index contributed by atoms with van der Waals surface area (Å²) >= 11 is 11.2. The van der Waals surface area contributed by atoms with E-state index in [1.165, 1.54) is 12.1 Å². The fourth-order valence-corrected chi connectivity index (χ4v) is 3.23. The summed E-state index contributed by atoms with van der Waals surface area (Å²) < 4.78 is 25.8. The Hall–Kier alpha value is -1.05. The smallest absolute Gasteiger partial charge is 0.277 e. The molecule has 1 rings (SSSR count). The van der Waals surface area contributed by atoms with Crippen molar-refractivity contribution in [2.24, 2.45) is 5.92 Å². The van der Waals surface area contributed by atoms with Gasteiger partial charge in [0.15, 0.2) is 0 Å². The number of sulfonamides is 1. The predicted molar refractivity (Wildman–Crippen MR) is 75.4 cm³/mol. The van der Waals surface area contributed by atoms with Crippen LogP contribution in [0.5, 0.6) is 0 Å². The number of nitro groups is 1. The highest BCUT2D eigenvalue weighted by Crippen LogP contribution is 2.28. The normalized spacial score (nSPS) is 13.0. The van der Waals surface area contributed by atoms with Crippen LogP contribution in [0, 0.1) is 16.0 Å². The minimum absolute atomic E-state index is 0.115. The van der Waals surface area contributed by atoms with Crippen LogP contribution in [-0.2, 0) is 10.0 Å². The zero-order chi connectivity index (χ0) is 14.6. The number of rotatable bonds is 6. The first-order chi connectivity index (χ1) is 8.75. The Morgan fingerprint density at radius 3 is 2.63 bits per heavy atom. The topological polar surface area (TPSA) is 89.3 Å². The summed E-state index contributed by atoms with van der Waals surface area (Å²) in [5, 5.41) is 11.0. The second-order valence-electron chi connectivity index (χ2n) is 4.06. The first-order valence-electron chi connectivity index (χ1n) is 5.25. The van der Waals surface area contributed by atoms with Gasteiger partial charge in [-0.3, -0.25) is 14.8 Å². The first-order valence-corrected chi connectivity index (χ1v) is 7.82. The number of halogens is 2. The van der Waals surface area contributed by atoms with Crippen LogP contribution in [0.2, 0.25) is 5.02 Å². The molecule has 6 nitrogen and oxygen atoms in total. The van der Waals surface area contributed by atoms with Crippen molar-refractivity contribution in [2.75, 3.05) is 16.4 Å². The Kier molecular flexibility index (Phi) is 5.39. The van der Waals surface area contributed by atoms with Crippen molar-refractivity contribution < 1.29 is 13.3 Å². The van der Waals surface area contributed by atoms with E-state index < -0.39 is 20.6 Å². The maximum atomic E-state index is 11.8. The number of anilines is 1. The Balaban J connectivity index is 3.02. The van der Waals surface area contributed by atoms with Crippen molar-refractivity contribution in [3.63, 3.8) is 0 Å². The molecule has 1 aromatic carbocycles. The molecule has 19 heavy (non-hydrogen) atoms. The molecule has 106 valence electrons. The molecule has 0 amide bonds. The molecule has 1 aromatic rings. The third kappa shape index (κ3) is 4.85. The molecule has 0 spiro atoms. The van der Waals surface area contributed by atoms with Crippen molar-refractivity contribution in [2.45, 2.75) is 6.92 Å². The molecule has 0 heterocycles. The van der Waals surface area contributed by atoms with Crippen LogP contribution in [0.15, 0.2) is 18.2 Å². The average molecular weight is 327 g/mol. The van der Waals surface area contributed by atoms with Gasteiger partial charge in [0.2, 0.25) is 10.0 Å². The number of hydrogen-bond donors (Lipinski definition) is 1. The van der Waals surface area contributed by atoms with Crippen LogP contribution in [0.3, 0.4) is 0 Å². The summed E-state index contributed by atoms with van der Waals surface area (Å²) in [6, 6.07) is 3.71. The van der Waals surface area contributed by atoms with E-state index in [0.717, 1.165) is 6.07 Å². The standard InChI is InChI=1S/C10H12Cl2N2O4S/c1-7(5-11)6-19(17,18)13-9-3-2-8(12)4-10(9)14(15)16/h2-4,7,13H,5-6H2,1H3. The van der Waals surface area contributed by atoms with Gasteiger partial charge in [-0.2, -0.15) is 0 Å². The highest BCUT2D eigenvalue weighted by molar-refractivity contribution is 7.92. The third-order valence-electron chi connectivity index (χ3n) is 2.19. The molecule has 0 radical (unpaired) electrons. The summed E-state index contributed by atoms with van der Waals surface area (Å²) in [6.45, 7) is 1.67. The third-order valence-corrected chi connectivity index (χ3v) is 4.49. The zero-order valence-electron chi connectivity index (χ0n) is 9.97. The molecule has 0 aromatic heterocycles. The van der Waals surface area contributed by atoms with Crippen LogP contribution < -0.4 is 4.72 Å². The van der Waals surface area contributed by atoms with Crippen LogP contribution in [0.1, 0.15) is 6.92 Å². The quantitative estimate of drug-likeness (QED) is 0.494. The SMILES string of the molecule is CC(CCl)CS(=O)(=O)Nc1ccc(Cl)cc1[N+](=O)[O-]. The van der Waals surface area contributed by atoms with Gasteiger partial charge in [-0.15, -0.1) is 11.6 Å². The lowest BCUT2D eigenvalue weighted by atomic mass is 10.3. The molecule has 1 N–H and O–H groups in total. The van der Waals surface area contributed by atoms with Gasteiger partial charge in [-0.1, -0.05) is 18.5 Å². The van der Waals surface area contributed by atoms with Crippen molar-refractivity contribution in [1.82, 2.24) is 0 Å². The molecule has 0 saturated heterocycles. The predicted octanol–water partition coefficient (Wildman–Crippen LogP) is 2.86. The second kappa shape index (κ2) is 6.40. The van der Waals surface area contributed by atoms with Crippen LogP contribution in [0.4, 0.5) is 11.4 Å². The van der Waals surface area contributed by atoms with E-state index in [-0.39, 0.29) is 28.3 Å². The lowest BCUT2D eigenvalue weighted by Crippen LogP contribution is -2.22. The Morgan fingerprint density at radius 1 is 1.47 bits per heavy atom. The van der Waals surface area contributed by atoms with Crippen molar-refractivity contribution in [3.05, 3.63) is 33.3 Å². The number of nitrogens with zero attached hydrogens (tertiary/aromatic N) is 1. The molecular formula is C10H12Cl2N2O4S. The average Bonchev–Trinajstić information content (AvgIpc) is 2.30.